The summed E-state index contributed by atoms with van der Waals surface area (Å²) in [6, 6.07) is 2.94. The molecule has 0 saturated heterocycles. The summed E-state index contributed by atoms with van der Waals surface area (Å²) in [5.74, 6) is 0.283. The molecule has 0 fully saturated rings. The molecule has 0 spiro atoms. The van der Waals surface area contributed by atoms with Crippen LogP contribution in [0.15, 0.2) is 18.3 Å². The van der Waals surface area contributed by atoms with Crippen LogP contribution in [-0.4, -0.2) is 21.2 Å². The summed E-state index contributed by atoms with van der Waals surface area (Å²) < 4.78 is 43.5. The quantitative estimate of drug-likeness (QED) is 0.834. The van der Waals surface area contributed by atoms with Gasteiger partial charge >= 0.3 is 6.18 Å². The number of ether oxygens (including phenoxy) is 1. The molecule has 0 aliphatic heterocycles. The van der Waals surface area contributed by atoms with Gasteiger partial charge in [-0.2, -0.15) is 13.2 Å². The zero-order chi connectivity index (χ0) is 12.5. The molecule has 7 heteroatoms. The smallest absolute Gasteiger partial charge is 0.434 e. The van der Waals surface area contributed by atoms with Gasteiger partial charge in [0.25, 0.3) is 0 Å². The zero-order valence-corrected chi connectivity index (χ0v) is 9.03. The fourth-order valence-electron chi connectivity index (χ4n) is 1.28. The highest BCUT2D eigenvalue weighted by molar-refractivity contribution is 5.40. The molecule has 92 valence electrons. The molecule has 2 heterocycles. The first-order valence-corrected chi connectivity index (χ1v) is 5.07. The Hall–Kier alpha value is -1.79. The van der Waals surface area contributed by atoms with E-state index in [9.17, 15) is 13.2 Å². The van der Waals surface area contributed by atoms with Crippen molar-refractivity contribution in [1.29, 1.82) is 0 Å². The first-order chi connectivity index (χ1) is 8.00. The molecule has 0 aromatic carbocycles. The normalized spacial score (nSPS) is 12.0. The van der Waals surface area contributed by atoms with Crippen molar-refractivity contribution in [3.63, 3.8) is 0 Å². The van der Waals surface area contributed by atoms with E-state index in [4.69, 9.17) is 4.74 Å². The van der Waals surface area contributed by atoms with Gasteiger partial charge in [-0.3, -0.25) is 0 Å². The van der Waals surface area contributed by atoms with Crippen molar-refractivity contribution in [3.05, 3.63) is 24.0 Å². The van der Waals surface area contributed by atoms with Crippen LogP contribution >= 0.6 is 0 Å². The lowest BCUT2D eigenvalue weighted by molar-refractivity contribution is -0.140. The van der Waals surface area contributed by atoms with Gasteiger partial charge in [0.05, 0.1) is 12.8 Å². The molecule has 0 aliphatic carbocycles. The van der Waals surface area contributed by atoms with Crippen LogP contribution in [0, 0.1) is 0 Å². The summed E-state index contributed by atoms with van der Waals surface area (Å²) in [5.41, 5.74) is -0.821. The SMILES string of the molecule is CCCOc1ccc2nc(C(F)(F)F)cn2n1. The van der Waals surface area contributed by atoms with Crippen LogP contribution in [0.5, 0.6) is 5.88 Å². The fraction of sp³-hybridized carbons (Fsp3) is 0.400. The Bertz CT molecular complexity index is 521. The molecule has 2 rings (SSSR count). The summed E-state index contributed by atoms with van der Waals surface area (Å²) in [4.78, 5) is 3.43. The van der Waals surface area contributed by atoms with Crippen molar-refractivity contribution in [2.75, 3.05) is 6.61 Å². The minimum Gasteiger partial charge on any atom is -0.477 e. The lowest BCUT2D eigenvalue weighted by Gasteiger charge is -2.02. The topological polar surface area (TPSA) is 39.4 Å². The van der Waals surface area contributed by atoms with E-state index in [0.717, 1.165) is 17.1 Å². The Balaban J connectivity index is 2.34. The summed E-state index contributed by atoms with van der Waals surface area (Å²) in [6.45, 7) is 2.40. The third-order valence-electron chi connectivity index (χ3n) is 2.04. The number of fused-ring (bicyclic) bond motifs is 1. The number of rotatable bonds is 3. The third kappa shape index (κ3) is 2.48. The number of hydrogen-bond donors (Lipinski definition) is 0. The van der Waals surface area contributed by atoms with E-state index in [2.05, 4.69) is 10.1 Å². The number of aromatic nitrogens is 3. The van der Waals surface area contributed by atoms with Gasteiger partial charge in [0, 0.05) is 6.07 Å². The van der Waals surface area contributed by atoms with Gasteiger partial charge < -0.3 is 4.74 Å². The van der Waals surface area contributed by atoms with E-state index >= 15 is 0 Å². The Kier molecular flexibility index (Phi) is 2.91. The van der Waals surface area contributed by atoms with Gasteiger partial charge in [-0.05, 0) is 12.5 Å². The van der Waals surface area contributed by atoms with E-state index < -0.39 is 11.9 Å². The Morgan fingerprint density at radius 2 is 2.12 bits per heavy atom. The molecule has 0 amide bonds. The summed E-state index contributed by atoms with van der Waals surface area (Å²) >= 11 is 0. The predicted molar refractivity (Wildman–Crippen MR) is 53.8 cm³/mol. The number of hydrogen-bond acceptors (Lipinski definition) is 3. The lowest BCUT2D eigenvalue weighted by Crippen LogP contribution is -2.04. The summed E-state index contributed by atoms with van der Waals surface area (Å²) in [6.07, 6.45) is -2.82. The molecule has 2 aromatic rings. The number of alkyl halides is 3. The van der Waals surface area contributed by atoms with Crippen LogP contribution in [0.4, 0.5) is 13.2 Å². The van der Waals surface area contributed by atoms with E-state index in [1.54, 1.807) is 0 Å². The van der Waals surface area contributed by atoms with E-state index in [0.29, 0.717) is 6.61 Å². The molecule has 0 aliphatic rings. The van der Waals surface area contributed by atoms with Gasteiger partial charge in [0.2, 0.25) is 5.88 Å². The Labute approximate surface area is 95.0 Å². The Morgan fingerprint density at radius 1 is 1.35 bits per heavy atom. The second-order valence-electron chi connectivity index (χ2n) is 3.45. The number of halogens is 3. The Morgan fingerprint density at radius 3 is 2.76 bits per heavy atom. The maximum Gasteiger partial charge on any atom is 0.434 e. The highest BCUT2D eigenvalue weighted by Crippen LogP contribution is 2.28. The average molecular weight is 245 g/mol. The second-order valence-corrected chi connectivity index (χ2v) is 3.45. The summed E-state index contributed by atoms with van der Waals surface area (Å²) in [7, 11) is 0. The third-order valence-corrected chi connectivity index (χ3v) is 2.04. The highest BCUT2D eigenvalue weighted by atomic mass is 19.4. The van der Waals surface area contributed by atoms with Gasteiger partial charge in [-0.25, -0.2) is 9.50 Å². The maximum absolute atomic E-state index is 12.4. The predicted octanol–water partition coefficient (Wildman–Crippen LogP) is 2.54. The molecule has 0 radical (unpaired) electrons. The largest absolute Gasteiger partial charge is 0.477 e. The molecule has 0 bridgehead atoms. The minimum atomic E-state index is -4.46. The van der Waals surface area contributed by atoms with Gasteiger partial charge in [-0.1, -0.05) is 6.92 Å². The molecule has 0 unspecified atom stereocenters. The molecule has 4 nitrogen and oxygen atoms in total. The monoisotopic (exact) mass is 245 g/mol. The lowest BCUT2D eigenvalue weighted by atomic mass is 10.5. The first-order valence-electron chi connectivity index (χ1n) is 5.07. The molecular formula is C10H10F3N3O. The van der Waals surface area contributed by atoms with Crippen molar-refractivity contribution in [2.45, 2.75) is 19.5 Å². The standard InChI is InChI=1S/C10H10F3N3O/c1-2-5-17-9-4-3-8-14-7(10(11,12)13)6-16(8)15-9/h3-4,6H,2,5H2,1H3. The number of nitrogens with zero attached hydrogens (tertiary/aromatic N) is 3. The molecule has 17 heavy (non-hydrogen) atoms. The minimum absolute atomic E-state index is 0.140. The van der Waals surface area contributed by atoms with Crippen LogP contribution in [0.1, 0.15) is 19.0 Å². The van der Waals surface area contributed by atoms with Crippen LogP contribution in [0.2, 0.25) is 0 Å². The molecule has 2 aromatic heterocycles. The fourth-order valence-corrected chi connectivity index (χ4v) is 1.28. The van der Waals surface area contributed by atoms with Gasteiger partial charge in [0.15, 0.2) is 11.3 Å². The first kappa shape index (κ1) is 11.7. The van der Waals surface area contributed by atoms with E-state index in [-0.39, 0.29) is 11.5 Å². The van der Waals surface area contributed by atoms with Gasteiger partial charge in [0.1, 0.15) is 0 Å². The van der Waals surface area contributed by atoms with Crippen molar-refractivity contribution in [1.82, 2.24) is 14.6 Å². The summed E-state index contributed by atoms with van der Waals surface area (Å²) in [5, 5.41) is 3.88. The van der Waals surface area contributed by atoms with Crippen molar-refractivity contribution >= 4 is 5.65 Å². The molecule has 0 saturated carbocycles. The average Bonchev–Trinajstić information content (AvgIpc) is 2.68. The van der Waals surface area contributed by atoms with Crippen molar-refractivity contribution in [2.24, 2.45) is 0 Å². The van der Waals surface area contributed by atoms with E-state index in [1.165, 1.54) is 12.1 Å². The highest BCUT2D eigenvalue weighted by Gasteiger charge is 2.34. The van der Waals surface area contributed by atoms with Crippen LogP contribution in [-0.2, 0) is 6.18 Å². The van der Waals surface area contributed by atoms with E-state index in [1.807, 2.05) is 6.92 Å². The van der Waals surface area contributed by atoms with Crippen LogP contribution in [0.3, 0.4) is 0 Å². The number of imidazole rings is 1. The van der Waals surface area contributed by atoms with Crippen LogP contribution in [0.25, 0.3) is 5.65 Å². The molecule has 0 atom stereocenters. The van der Waals surface area contributed by atoms with Crippen LogP contribution < -0.4 is 4.74 Å². The zero-order valence-electron chi connectivity index (χ0n) is 9.03. The van der Waals surface area contributed by atoms with Crippen molar-refractivity contribution < 1.29 is 17.9 Å². The van der Waals surface area contributed by atoms with Crippen molar-refractivity contribution in [3.8, 4) is 5.88 Å². The second kappa shape index (κ2) is 4.23. The molecular weight excluding hydrogens is 235 g/mol. The van der Waals surface area contributed by atoms with Gasteiger partial charge in [-0.15, -0.1) is 5.10 Å². The molecule has 0 N–H and O–H groups in total. The maximum atomic E-state index is 12.4.